The molecule has 0 radical (unpaired) electrons. The Hall–Kier alpha value is -1.06. The van der Waals surface area contributed by atoms with Gasteiger partial charge in [-0.25, -0.2) is 0 Å². The number of carbonyl (C=O) groups excluding carboxylic acids is 1. The molecule has 1 heterocycles. The third kappa shape index (κ3) is 2.49. The fraction of sp³-hybridized carbons (Fsp3) is 0.182. The van der Waals surface area contributed by atoms with Crippen LogP contribution in [0, 0.1) is 0 Å². The highest BCUT2D eigenvalue weighted by Crippen LogP contribution is 2.24. The van der Waals surface area contributed by atoms with Gasteiger partial charge >= 0.3 is 0 Å². The van der Waals surface area contributed by atoms with Crippen molar-refractivity contribution in [1.82, 2.24) is 5.32 Å². The Morgan fingerprint density at radius 2 is 2.20 bits per heavy atom. The molecule has 15 heavy (non-hydrogen) atoms. The zero-order chi connectivity index (χ0) is 10.7. The van der Waals surface area contributed by atoms with Crippen molar-refractivity contribution in [2.75, 3.05) is 5.88 Å². The molecule has 0 aliphatic rings. The van der Waals surface area contributed by atoms with E-state index in [1.165, 1.54) is 10.1 Å². The van der Waals surface area contributed by atoms with Crippen LogP contribution in [0.25, 0.3) is 10.1 Å². The molecule has 0 saturated carbocycles. The minimum absolute atomic E-state index is 0.0187. The van der Waals surface area contributed by atoms with E-state index in [-0.39, 0.29) is 11.8 Å². The van der Waals surface area contributed by atoms with Gasteiger partial charge in [-0.15, -0.1) is 22.9 Å². The highest BCUT2D eigenvalue weighted by Gasteiger charge is 2.02. The molecular formula is C11H10ClNOS. The van der Waals surface area contributed by atoms with Gasteiger partial charge in [0.15, 0.2) is 0 Å². The number of nitrogens with one attached hydrogen (secondary N) is 1. The lowest BCUT2D eigenvalue weighted by Gasteiger charge is -1.98. The minimum atomic E-state index is -0.130. The van der Waals surface area contributed by atoms with Gasteiger partial charge in [-0.2, -0.15) is 0 Å². The SMILES string of the molecule is O=C(CCl)NCc1cc2ccccc2s1. The molecule has 1 N–H and O–H groups in total. The summed E-state index contributed by atoms with van der Waals surface area (Å²) < 4.78 is 1.24. The van der Waals surface area contributed by atoms with E-state index in [0.29, 0.717) is 6.54 Å². The van der Waals surface area contributed by atoms with Crippen molar-refractivity contribution < 1.29 is 4.79 Å². The van der Waals surface area contributed by atoms with Crippen molar-refractivity contribution >= 4 is 38.9 Å². The molecule has 0 bridgehead atoms. The Morgan fingerprint density at radius 3 is 2.93 bits per heavy atom. The largest absolute Gasteiger partial charge is 0.350 e. The zero-order valence-electron chi connectivity index (χ0n) is 8.00. The Labute approximate surface area is 96.9 Å². The maximum atomic E-state index is 11.0. The number of benzene rings is 1. The summed E-state index contributed by atoms with van der Waals surface area (Å²) in [5.74, 6) is -0.112. The van der Waals surface area contributed by atoms with Crippen molar-refractivity contribution in [3.05, 3.63) is 35.2 Å². The average Bonchev–Trinajstić information content (AvgIpc) is 2.68. The van der Waals surface area contributed by atoms with Crippen LogP contribution >= 0.6 is 22.9 Å². The molecule has 0 aliphatic heterocycles. The minimum Gasteiger partial charge on any atom is -0.350 e. The van der Waals surface area contributed by atoms with Crippen LogP contribution in [0.4, 0.5) is 0 Å². The number of amides is 1. The van der Waals surface area contributed by atoms with E-state index in [4.69, 9.17) is 11.6 Å². The second-order valence-corrected chi connectivity index (χ2v) is 4.60. The van der Waals surface area contributed by atoms with E-state index in [0.717, 1.165) is 4.88 Å². The number of carbonyl (C=O) groups is 1. The van der Waals surface area contributed by atoms with Gasteiger partial charge in [0.2, 0.25) is 5.91 Å². The molecule has 0 atom stereocenters. The topological polar surface area (TPSA) is 29.1 Å². The van der Waals surface area contributed by atoms with E-state index >= 15 is 0 Å². The molecule has 1 amide bonds. The van der Waals surface area contributed by atoms with E-state index in [1.54, 1.807) is 11.3 Å². The lowest BCUT2D eigenvalue weighted by atomic mass is 10.2. The first-order valence-electron chi connectivity index (χ1n) is 4.59. The van der Waals surface area contributed by atoms with Gasteiger partial charge in [-0.05, 0) is 17.5 Å². The number of rotatable bonds is 3. The fourth-order valence-corrected chi connectivity index (χ4v) is 2.46. The van der Waals surface area contributed by atoms with Gasteiger partial charge in [0.1, 0.15) is 5.88 Å². The molecule has 2 rings (SSSR count). The molecule has 1 aromatic carbocycles. The molecule has 78 valence electrons. The molecule has 0 fully saturated rings. The van der Waals surface area contributed by atoms with Crippen LogP contribution in [-0.4, -0.2) is 11.8 Å². The van der Waals surface area contributed by atoms with E-state index in [1.807, 2.05) is 12.1 Å². The molecule has 0 saturated heterocycles. The van der Waals surface area contributed by atoms with Crippen molar-refractivity contribution in [3.63, 3.8) is 0 Å². The molecule has 2 nitrogen and oxygen atoms in total. The van der Waals surface area contributed by atoms with E-state index in [2.05, 4.69) is 23.5 Å². The van der Waals surface area contributed by atoms with Crippen molar-refractivity contribution in [3.8, 4) is 0 Å². The lowest BCUT2D eigenvalue weighted by molar-refractivity contribution is -0.118. The van der Waals surface area contributed by atoms with Crippen LogP contribution in [-0.2, 0) is 11.3 Å². The summed E-state index contributed by atoms with van der Waals surface area (Å²) in [6.45, 7) is 0.560. The Morgan fingerprint density at radius 1 is 1.40 bits per heavy atom. The van der Waals surface area contributed by atoms with Crippen LogP contribution in [0.15, 0.2) is 30.3 Å². The molecule has 0 spiro atoms. The summed E-state index contributed by atoms with van der Waals surface area (Å²) in [5.41, 5.74) is 0. The number of fused-ring (bicyclic) bond motifs is 1. The summed E-state index contributed by atoms with van der Waals surface area (Å²) in [7, 11) is 0. The second-order valence-electron chi connectivity index (χ2n) is 3.16. The molecule has 4 heteroatoms. The first kappa shape index (κ1) is 10.5. The van der Waals surface area contributed by atoms with Gasteiger partial charge in [0.25, 0.3) is 0 Å². The second kappa shape index (κ2) is 4.64. The third-order valence-corrected chi connectivity index (χ3v) is 3.42. The summed E-state index contributed by atoms with van der Waals surface area (Å²) >= 11 is 7.08. The predicted octanol–water partition coefficient (Wildman–Crippen LogP) is 2.76. The molecule has 0 aliphatic carbocycles. The van der Waals surface area contributed by atoms with Crippen LogP contribution < -0.4 is 5.32 Å². The third-order valence-electron chi connectivity index (χ3n) is 2.06. The van der Waals surface area contributed by atoms with Gasteiger partial charge < -0.3 is 5.32 Å². The molecular weight excluding hydrogens is 230 g/mol. The highest BCUT2D eigenvalue weighted by molar-refractivity contribution is 7.19. The smallest absolute Gasteiger partial charge is 0.235 e. The first-order valence-corrected chi connectivity index (χ1v) is 5.95. The standard InChI is InChI=1S/C11H10ClNOS/c12-6-11(14)13-7-9-5-8-3-1-2-4-10(8)15-9/h1-5H,6-7H2,(H,13,14). The molecule has 0 unspecified atom stereocenters. The van der Waals surface area contributed by atoms with Gasteiger partial charge in [0, 0.05) is 9.58 Å². The summed E-state index contributed by atoms with van der Waals surface area (Å²) in [4.78, 5) is 12.1. The van der Waals surface area contributed by atoms with E-state index < -0.39 is 0 Å². The normalized spacial score (nSPS) is 10.5. The number of alkyl halides is 1. The van der Waals surface area contributed by atoms with Gasteiger partial charge in [0.05, 0.1) is 6.54 Å². The highest BCUT2D eigenvalue weighted by atomic mass is 35.5. The summed E-state index contributed by atoms with van der Waals surface area (Å²) in [6.07, 6.45) is 0. The maximum Gasteiger partial charge on any atom is 0.235 e. The number of thiophene rings is 1. The quantitative estimate of drug-likeness (QED) is 0.820. The van der Waals surface area contributed by atoms with Crippen LogP contribution in [0.3, 0.4) is 0 Å². The van der Waals surface area contributed by atoms with E-state index in [9.17, 15) is 4.79 Å². The molecule has 1 aromatic heterocycles. The van der Waals surface area contributed by atoms with Crippen LogP contribution in [0.2, 0.25) is 0 Å². The average molecular weight is 240 g/mol. The monoisotopic (exact) mass is 239 g/mol. The van der Waals surface area contributed by atoms with Crippen LogP contribution in [0.1, 0.15) is 4.88 Å². The zero-order valence-corrected chi connectivity index (χ0v) is 9.57. The Kier molecular flexibility index (Phi) is 3.23. The van der Waals surface area contributed by atoms with Crippen LogP contribution in [0.5, 0.6) is 0 Å². The predicted molar refractivity (Wildman–Crippen MR) is 64.4 cm³/mol. The summed E-state index contributed by atoms with van der Waals surface area (Å²) in [5, 5.41) is 3.97. The van der Waals surface area contributed by atoms with Crippen molar-refractivity contribution in [2.24, 2.45) is 0 Å². The van der Waals surface area contributed by atoms with Gasteiger partial charge in [-0.1, -0.05) is 18.2 Å². The van der Waals surface area contributed by atoms with Gasteiger partial charge in [-0.3, -0.25) is 4.79 Å². The first-order chi connectivity index (χ1) is 7.29. The van der Waals surface area contributed by atoms with Crippen molar-refractivity contribution in [1.29, 1.82) is 0 Å². The lowest BCUT2D eigenvalue weighted by Crippen LogP contribution is -2.23. The number of hydrogen-bond acceptors (Lipinski definition) is 2. The molecule has 2 aromatic rings. The maximum absolute atomic E-state index is 11.0. The van der Waals surface area contributed by atoms with Crippen molar-refractivity contribution in [2.45, 2.75) is 6.54 Å². The number of halogens is 1. The Balaban J connectivity index is 2.12. The summed E-state index contributed by atoms with van der Waals surface area (Å²) in [6, 6.07) is 10.3. The Bertz CT molecular complexity index is 447. The number of hydrogen-bond donors (Lipinski definition) is 1. The fourth-order valence-electron chi connectivity index (χ4n) is 1.36.